The molecule has 11 heteroatoms. The number of ether oxygens (including phenoxy) is 1. The van der Waals surface area contributed by atoms with E-state index in [4.69, 9.17) is 10.5 Å². The van der Waals surface area contributed by atoms with Gasteiger partial charge in [0.25, 0.3) is 5.69 Å². The van der Waals surface area contributed by atoms with E-state index in [1.165, 1.54) is 30.6 Å². The van der Waals surface area contributed by atoms with Crippen LogP contribution in [0.5, 0.6) is 0 Å². The molecule has 2 rings (SSSR count). The zero-order valence-electron chi connectivity index (χ0n) is 15.2. The Morgan fingerprint density at radius 3 is 2.57 bits per heavy atom. The Morgan fingerprint density at radius 1 is 1.32 bits per heavy atom. The minimum absolute atomic E-state index is 0.00718. The van der Waals surface area contributed by atoms with Gasteiger partial charge in [0.2, 0.25) is 11.8 Å². The number of benzene rings is 1. The summed E-state index contributed by atoms with van der Waals surface area (Å²) < 4.78 is 4.75. The molecule has 148 valence electrons. The van der Waals surface area contributed by atoms with Gasteiger partial charge in [-0.3, -0.25) is 19.7 Å². The van der Waals surface area contributed by atoms with Crippen LogP contribution in [0, 0.1) is 24.0 Å². The second kappa shape index (κ2) is 8.85. The first-order chi connectivity index (χ1) is 13.1. The Morgan fingerprint density at radius 2 is 2.00 bits per heavy atom. The lowest BCUT2D eigenvalue weighted by Gasteiger charge is -2.07. The third-order valence-electron chi connectivity index (χ3n) is 3.83. The van der Waals surface area contributed by atoms with Crippen LogP contribution in [0.2, 0.25) is 0 Å². The molecule has 3 N–H and O–H groups in total. The van der Waals surface area contributed by atoms with Crippen LogP contribution in [0.1, 0.15) is 31.2 Å². The third-order valence-corrected chi connectivity index (χ3v) is 6.01. The van der Waals surface area contributed by atoms with Crippen molar-refractivity contribution in [3.05, 3.63) is 49.9 Å². The van der Waals surface area contributed by atoms with E-state index in [1.807, 2.05) is 6.92 Å². The molecule has 0 saturated heterocycles. The van der Waals surface area contributed by atoms with Gasteiger partial charge < -0.3 is 15.8 Å². The van der Waals surface area contributed by atoms with E-state index in [-0.39, 0.29) is 21.9 Å². The zero-order chi connectivity index (χ0) is 21.0. The highest BCUT2D eigenvalue weighted by Gasteiger charge is 2.22. The van der Waals surface area contributed by atoms with E-state index < -0.39 is 22.7 Å². The number of hydrogen-bond donors (Lipinski definition) is 2. The number of nitro groups is 1. The molecular formula is C17H17N3O6S2. The van der Waals surface area contributed by atoms with Crippen LogP contribution in [0.25, 0.3) is 0 Å². The molecule has 9 nitrogen and oxygen atoms in total. The predicted molar refractivity (Wildman–Crippen MR) is 106 cm³/mol. The minimum atomic E-state index is -0.781. The minimum Gasteiger partial charge on any atom is -0.465 e. The maximum atomic E-state index is 12.3. The number of methoxy groups -OCH3 is 1. The number of nitrogens with one attached hydrogen (secondary N) is 1. The summed E-state index contributed by atoms with van der Waals surface area (Å²) in [5.74, 6) is -1.91. The quantitative estimate of drug-likeness (QED) is 0.302. The molecule has 0 aliphatic rings. The van der Waals surface area contributed by atoms with Crippen LogP contribution in [0.15, 0.2) is 23.1 Å². The number of esters is 1. The lowest BCUT2D eigenvalue weighted by atomic mass is 10.1. The molecule has 0 radical (unpaired) electrons. The number of nitrogens with zero attached hydrogens (tertiary/aromatic N) is 1. The number of rotatable bonds is 7. The van der Waals surface area contributed by atoms with Crippen LogP contribution < -0.4 is 11.1 Å². The number of anilines is 1. The first-order valence-corrected chi connectivity index (χ1v) is 9.65. The zero-order valence-corrected chi connectivity index (χ0v) is 16.9. The van der Waals surface area contributed by atoms with Gasteiger partial charge in [-0.05, 0) is 31.5 Å². The highest BCUT2D eigenvalue weighted by Crippen LogP contribution is 2.34. The normalized spacial score (nSPS) is 10.4. The fourth-order valence-electron chi connectivity index (χ4n) is 2.30. The third kappa shape index (κ3) is 4.67. The second-order valence-electron chi connectivity index (χ2n) is 5.62. The Hall–Kier alpha value is -2.92. The number of aryl methyl sites for hydroxylation is 1. The second-order valence-corrected chi connectivity index (χ2v) is 7.86. The van der Waals surface area contributed by atoms with Gasteiger partial charge in [-0.1, -0.05) is 0 Å². The number of carbonyl (C=O) groups is 3. The summed E-state index contributed by atoms with van der Waals surface area (Å²) in [6.45, 7) is 3.58. The Kier molecular flexibility index (Phi) is 6.75. The Labute approximate surface area is 168 Å². The lowest BCUT2D eigenvalue weighted by molar-refractivity contribution is -0.387. The van der Waals surface area contributed by atoms with Crippen molar-refractivity contribution >= 4 is 51.6 Å². The van der Waals surface area contributed by atoms with E-state index in [0.29, 0.717) is 10.6 Å². The number of amides is 2. The van der Waals surface area contributed by atoms with E-state index in [9.17, 15) is 24.5 Å². The fourth-order valence-corrected chi connectivity index (χ4v) is 4.17. The van der Waals surface area contributed by atoms with Gasteiger partial charge in [0, 0.05) is 16.5 Å². The predicted octanol–water partition coefficient (Wildman–Crippen LogP) is 2.89. The summed E-state index contributed by atoms with van der Waals surface area (Å²) in [7, 11) is 1.26. The summed E-state index contributed by atoms with van der Waals surface area (Å²) in [6.07, 6.45) is 0. The van der Waals surface area contributed by atoms with E-state index >= 15 is 0 Å². The number of primary amides is 1. The Balaban J connectivity index is 2.16. The number of thioether (sulfide) groups is 1. The van der Waals surface area contributed by atoms with Gasteiger partial charge in [0.05, 0.1) is 28.2 Å². The maximum Gasteiger partial charge on any atom is 0.341 e. The molecule has 0 unspecified atom stereocenters. The molecule has 1 aromatic heterocycles. The number of nitro benzene ring substituents is 1. The standard InChI is InChI=1S/C17H17N3O6S2/c1-8-9(2)28-16(14(8)17(23)26-3)19-13(21)7-27-12-5-4-10(15(18)22)6-11(12)20(24)25/h4-6H,7H2,1-3H3,(H2,18,22)(H,19,21). The lowest BCUT2D eigenvalue weighted by Crippen LogP contribution is -2.16. The van der Waals surface area contributed by atoms with E-state index in [2.05, 4.69) is 5.32 Å². The number of nitrogens with two attached hydrogens (primary N) is 1. The van der Waals surface area contributed by atoms with Gasteiger partial charge in [-0.15, -0.1) is 23.1 Å². The summed E-state index contributed by atoms with van der Waals surface area (Å²) in [5.41, 5.74) is 5.84. The van der Waals surface area contributed by atoms with Crippen LogP contribution in [0.4, 0.5) is 10.7 Å². The van der Waals surface area contributed by atoms with E-state index in [1.54, 1.807) is 6.92 Å². The maximum absolute atomic E-state index is 12.3. The summed E-state index contributed by atoms with van der Waals surface area (Å²) >= 11 is 2.18. The van der Waals surface area contributed by atoms with Crippen molar-refractivity contribution in [2.75, 3.05) is 18.2 Å². The van der Waals surface area contributed by atoms with Crippen molar-refractivity contribution in [3.8, 4) is 0 Å². The average molecular weight is 423 g/mol. The number of thiophene rings is 1. The first-order valence-electron chi connectivity index (χ1n) is 7.84. The molecule has 0 aliphatic carbocycles. The van der Waals surface area contributed by atoms with Crippen LogP contribution in [0.3, 0.4) is 0 Å². The first kappa shape index (κ1) is 21.4. The Bertz CT molecular complexity index is 970. The molecule has 0 aliphatic heterocycles. The molecule has 2 aromatic rings. The summed E-state index contributed by atoms with van der Waals surface area (Å²) in [4.78, 5) is 47.1. The van der Waals surface area contributed by atoms with Crippen molar-refractivity contribution in [2.24, 2.45) is 5.73 Å². The van der Waals surface area contributed by atoms with Gasteiger partial charge in [-0.2, -0.15) is 0 Å². The van der Waals surface area contributed by atoms with Crippen molar-refractivity contribution in [2.45, 2.75) is 18.7 Å². The van der Waals surface area contributed by atoms with Gasteiger partial charge in [-0.25, -0.2) is 4.79 Å². The van der Waals surface area contributed by atoms with Crippen molar-refractivity contribution in [1.29, 1.82) is 0 Å². The van der Waals surface area contributed by atoms with Gasteiger partial charge in [0.1, 0.15) is 5.00 Å². The molecule has 1 aromatic carbocycles. The molecule has 28 heavy (non-hydrogen) atoms. The van der Waals surface area contributed by atoms with Gasteiger partial charge in [0.15, 0.2) is 0 Å². The molecule has 0 fully saturated rings. The van der Waals surface area contributed by atoms with Crippen LogP contribution in [-0.2, 0) is 9.53 Å². The molecule has 0 atom stereocenters. The highest BCUT2D eigenvalue weighted by atomic mass is 32.2. The highest BCUT2D eigenvalue weighted by molar-refractivity contribution is 8.00. The molecule has 0 bridgehead atoms. The topological polar surface area (TPSA) is 142 Å². The fraction of sp³-hybridized carbons (Fsp3) is 0.235. The largest absolute Gasteiger partial charge is 0.465 e. The number of hydrogen-bond acceptors (Lipinski definition) is 8. The molecular weight excluding hydrogens is 406 g/mol. The monoisotopic (exact) mass is 423 g/mol. The SMILES string of the molecule is COC(=O)c1c(NC(=O)CSc2ccc(C(N)=O)cc2[N+](=O)[O-])sc(C)c1C. The van der Waals surface area contributed by atoms with Crippen molar-refractivity contribution < 1.29 is 24.0 Å². The van der Waals surface area contributed by atoms with Gasteiger partial charge >= 0.3 is 5.97 Å². The molecule has 0 spiro atoms. The summed E-state index contributed by atoms with van der Waals surface area (Å²) in [6, 6.07) is 3.80. The van der Waals surface area contributed by atoms with Crippen LogP contribution in [-0.4, -0.2) is 35.6 Å². The van der Waals surface area contributed by atoms with Crippen molar-refractivity contribution in [1.82, 2.24) is 0 Å². The molecule has 2 amide bonds. The smallest absolute Gasteiger partial charge is 0.341 e. The van der Waals surface area contributed by atoms with Crippen molar-refractivity contribution in [3.63, 3.8) is 0 Å². The summed E-state index contributed by atoms with van der Waals surface area (Å²) in [5, 5.41) is 14.2. The van der Waals surface area contributed by atoms with Crippen LogP contribution >= 0.6 is 23.1 Å². The number of carbonyl (C=O) groups excluding carboxylic acids is 3. The van der Waals surface area contributed by atoms with E-state index in [0.717, 1.165) is 28.3 Å². The molecule has 1 heterocycles. The molecule has 0 saturated carbocycles. The average Bonchev–Trinajstić information content (AvgIpc) is 2.92.